The normalized spacial score (nSPS) is 15.8. The number of furan rings is 1. The number of aryl methyl sites for hydroxylation is 1. The Kier molecular flexibility index (Phi) is 10.1. The summed E-state index contributed by atoms with van der Waals surface area (Å²) >= 11 is 0. The molecule has 3 rings (SSSR count). The first kappa shape index (κ1) is 24.7. The van der Waals surface area contributed by atoms with Crippen LogP contribution in [0.2, 0.25) is 0 Å². The Morgan fingerprint density at radius 1 is 1.30 bits per heavy atom. The fourth-order valence-corrected chi connectivity index (χ4v) is 3.92. The Morgan fingerprint density at radius 2 is 2.07 bits per heavy atom. The summed E-state index contributed by atoms with van der Waals surface area (Å²) in [7, 11) is 3.51. The molecule has 1 saturated heterocycles. The van der Waals surface area contributed by atoms with Gasteiger partial charge in [-0.05, 0) is 51.9 Å². The number of ether oxygens (including phenoxy) is 1. The van der Waals surface area contributed by atoms with Crippen molar-refractivity contribution in [2.45, 2.75) is 45.8 Å². The average Bonchev–Trinajstić information content (AvgIpc) is 3.47. The van der Waals surface area contributed by atoms with Gasteiger partial charge in [0, 0.05) is 38.5 Å². The molecule has 30 heavy (non-hydrogen) atoms. The van der Waals surface area contributed by atoms with Gasteiger partial charge in [-0.1, -0.05) is 0 Å². The van der Waals surface area contributed by atoms with Crippen LogP contribution in [0, 0.1) is 13.8 Å². The molecular formula is C21H35IN6O2. The number of nitrogens with one attached hydrogen (secondary N) is 2. The van der Waals surface area contributed by atoms with E-state index < -0.39 is 0 Å². The quantitative estimate of drug-likeness (QED) is 0.295. The monoisotopic (exact) mass is 530 g/mol. The van der Waals surface area contributed by atoms with Gasteiger partial charge in [0.15, 0.2) is 5.96 Å². The van der Waals surface area contributed by atoms with Gasteiger partial charge in [0.25, 0.3) is 0 Å². The second-order valence-electron chi connectivity index (χ2n) is 7.45. The Bertz CT molecular complexity index is 784. The summed E-state index contributed by atoms with van der Waals surface area (Å²) in [6.45, 7) is 9.21. The fourth-order valence-electron chi connectivity index (χ4n) is 3.92. The molecule has 2 aromatic rings. The smallest absolute Gasteiger partial charge is 0.191 e. The van der Waals surface area contributed by atoms with E-state index in [4.69, 9.17) is 9.15 Å². The number of nitrogens with zero attached hydrogens (tertiary/aromatic N) is 4. The Labute approximate surface area is 196 Å². The van der Waals surface area contributed by atoms with E-state index in [0.717, 1.165) is 49.3 Å². The Balaban J connectivity index is 0.00000320. The summed E-state index contributed by atoms with van der Waals surface area (Å²) in [6, 6.07) is 4.23. The summed E-state index contributed by atoms with van der Waals surface area (Å²) in [6.07, 6.45) is 4.24. The van der Waals surface area contributed by atoms with Crippen molar-refractivity contribution in [2.75, 3.05) is 40.4 Å². The predicted octanol–water partition coefficient (Wildman–Crippen LogP) is 2.86. The lowest BCUT2D eigenvalue weighted by Gasteiger charge is -2.26. The van der Waals surface area contributed by atoms with Crippen LogP contribution in [0.15, 0.2) is 27.8 Å². The van der Waals surface area contributed by atoms with E-state index in [9.17, 15) is 0 Å². The van der Waals surface area contributed by atoms with E-state index in [1.807, 2.05) is 17.7 Å². The number of hydrogen-bond donors (Lipinski definition) is 2. The minimum Gasteiger partial charge on any atom is -0.468 e. The Hall–Kier alpha value is -1.59. The van der Waals surface area contributed by atoms with Gasteiger partial charge in [-0.25, -0.2) is 0 Å². The minimum atomic E-state index is 0. The van der Waals surface area contributed by atoms with Gasteiger partial charge in [0.2, 0.25) is 0 Å². The number of hydrogen-bond acceptors (Lipinski definition) is 5. The molecule has 0 aromatic carbocycles. The van der Waals surface area contributed by atoms with Crippen LogP contribution < -0.4 is 10.6 Å². The van der Waals surface area contributed by atoms with Crippen LogP contribution in [0.5, 0.6) is 0 Å². The molecule has 0 radical (unpaired) electrons. The molecule has 8 nitrogen and oxygen atoms in total. The van der Waals surface area contributed by atoms with Crippen molar-refractivity contribution in [3.8, 4) is 0 Å². The molecule has 1 fully saturated rings. The highest BCUT2D eigenvalue weighted by molar-refractivity contribution is 14.0. The number of guanidine groups is 1. The van der Waals surface area contributed by atoms with Crippen LogP contribution in [0.1, 0.15) is 41.6 Å². The molecule has 9 heteroatoms. The number of rotatable bonds is 9. The third-order valence-electron chi connectivity index (χ3n) is 5.61. The highest BCUT2D eigenvalue weighted by Gasteiger charge is 2.25. The van der Waals surface area contributed by atoms with Gasteiger partial charge in [0.05, 0.1) is 31.2 Å². The summed E-state index contributed by atoms with van der Waals surface area (Å²) in [5.41, 5.74) is 3.39. The lowest BCUT2D eigenvalue weighted by atomic mass is 10.2. The molecule has 1 atom stereocenters. The number of aliphatic imine (C=N–C) groups is 1. The number of halogens is 1. The molecule has 168 valence electrons. The molecule has 1 aliphatic rings. The second-order valence-corrected chi connectivity index (χ2v) is 7.45. The van der Waals surface area contributed by atoms with E-state index in [1.54, 1.807) is 20.4 Å². The molecule has 0 bridgehead atoms. The SMILES string of the molecule is CN=C(NCc1c(C)nn(CCOC)c1C)NCC(c1ccco1)N1CCCC1.I. The standard InChI is InChI=1S/C21H34N6O2.HI/c1-16-18(17(2)27(25-16)11-13-28-4)14-23-21(22-3)24-15-19(20-8-7-12-29-20)26-9-5-6-10-26;/h7-8,12,19H,5-6,9-11,13-15H2,1-4H3,(H2,22,23,24);1H. The topological polar surface area (TPSA) is 79.8 Å². The zero-order chi connectivity index (χ0) is 20.6. The van der Waals surface area contributed by atoms with Gasteiger partial charge in [-0.15, -0.1) is 24.0 Å². The van der Waals surface area contributed by atoms with Crippen LogP contribution in [0.4, 0.5) is 0 Å². The first-order chi connectivity index (χ1) is 14.1. The van der Waals surface area contributed by atoms with Gasteiger partial charge < -0.3 is 19.8 Å². The maximum absolute atomic E-state index is 5.71. The Morgan fingerprint density at radius 3 is 2.70 bits per heavy atom. The third kappa shape index (κ3) is 6.21. The molecule has 0 spiro atoms. The summed E-state index contributed by atoms with van der Waals surface area (Å²) < 4.78 is 12.9. The van der Waals surface area contributed by atoms with E-state index >= 15 is 0 Å². The minimum absolute atomic E-state index is 0. The van der Waals surface area contributed by atoms with Gasteiger partial charge in [-0.2, -0.15) is 5.10 Å². The summed E-state index contributed by atoms with van der Waals surface area (Å²) in [5, 5.41) is 11.5. The van der Waals surface area contributed by atoms with Crippen molar-refractivity contribution in [2.24, 2.45) is 4.99 Å². The van der Waals surface area contributed by atoms with Crippen molar-refractivity contribution in [3.63, 3.8) is 0 Å². The largest absolute Gasteiger partial charge is 0.468 e. The molecule has 1 unspecified atom stereocenters. The van der Waals surface area contributed by atoms with E-state index in [2.05, 4.69) is 38.6 Å². The van der Waals surface area contributed by atoms with Crippen LogP contribution >= 0.6 is 24.0 Å². The van der Waals surface area contributed by atoms with E-state index in [-0.39, 0.29) is 30.0 Å². The zero-order valence-corrected chi connectivity index (χ0v) is 20.8. The second kappa shape index (κ2) is 12.3. The molecule has 1 aliphatic heterocycles. The number of aromatic nitrogens is 2. The van der Waals surface area contributed by atoms with Crippen LogP contribution in [-0.4, -0.2) is 61.0 Å². The average molecular weight is 530 g/mol. The van der Waals surface area contributed by atoms with Crippen molar-refractivity contribution in [3.05, 3.63) is 41.1 Å². The van der Waals surface area contributed by atoms with Gasteiger partial charge in [0.1, 0.15) is 5.76 Å². The van der Waals surface area contributed by atoms with Crippen LogP contribution in [0.3, 0.4) is 0 Å². The maximum atomic E-state index is 5.71. The van der Waals surface area contributed by atoms with Gasteiger partial charge in [-0.3, -0.25) is 14.6 Å². The van der Waals surface area contributed by atoms with Crippen molar-refractivity contribution in [1.82, 2.24) is 25.3 Å². The molecule has 0 aliphatic carbocycles. The molecule has 0 amide bonds. The lowest BCUT2D eigenvalue weighted by molar-refractivity contribution is 0.182. The highest BCUT2D eigenvalue weighted by atomic mass is 127. The van der Waals surface area contributed by atoms with Crippen molar-refractivity contribution < 1.29 is 9.15 Å². The molecule has 2 N–H and O–H groups in total. The maximum Gasteiger partial charge on any atom is 0.191 e. The van der Waals surface area contributed by atoms with Crippen molar-refractivity contribution in [1.29, 1.82) is 0 Å². The number of likely N-dealkylation sites (tertiary alicyclic amines) is 1. The van der Waals surface area contributed by atoms with E-state index in [1.165, 1.54) is 18.4 Å². The predicted molar refractivity (Wildman–Crippen MR) is 129 cm³/mol. The first-order valence-electron chi connectivity index (χ1n) is 10.4. The molecular weight excluding hydrogens is 495 g/mol. The molecule has 0 saturated carbocycles. The summed E-state index contributed by atoms with van der Waals surface area (Å²) in [5.74, 6) is 1.78. The highest BCUT2D eigenvalue weighted by Crippen LogP contribution is 2.24. The molecule has 3 heterocycles. The van der Waals surface area contributed by atoms with Gasteiger partial charge >= 0.3 is 0 Å². The third-order valence-corrected chi connectivity index (χ3v) is 5.61. The van der Waals surface area contributed by atoms with Crippen molar-refractivity contribution >= 4 is 29.9 Å². The summed E-state index contributed by atoms with van der Waals surface area (Å²) in [4.78, 5) is 6.88. The molecule has 2 aromatic heterocycles. The van der Waals surface area contributed by atoms with E-state index in [0.29, 0.717) is 13.2 Å². The van der Waals surface area contributed by atoms with Crippen LogP contribution in [-0.2, 0) is 17.8 Å². The first-order valence-corrected chi connectivity index (χ1v) is 10.4. The zero-order valence-electron chi connectivity index (χ0n) is 18.5. The van der Waals surface area contributed by atoms with Crippen LogP contribution in [0.25, 0.3) is 0 Å². The lowest BCUT2D eigenvalue weighted by Crippen LogP contribution is -2.42. The number of methoxy groups -OCH3 is 1. The fraction of sp³-hybridized carbons (Fsp3) is 0.619.